The Morgan fingerprint density at radius 2 is 2.19 bits per heavy atom. The first-order valence-corrected chi connectivity index (χ1v) is 8.85. The quantitative estimate of drug-likeness (QED) is 0.842. The Morgan fingerprint density at radius 1 is 1.29 bits per heavy atom. The summed E-state index contributed by atoms with van der Waals surface area (Å²) >= 11 is 0. The second kappa shape index (κ2) is 7.46. The lowest BCUT2D eigenvalue weighted by Gasteiger charge is -2.38. The maximum Gasteiger partial charge on any atom is 0.103 e. The molecule has 4 atom stereocenters. The molecule has 0 radical (unpaired) electrons. The van der Waals surface area contributed by atoms with E-state index in [0.29, 0.717) is 12.1 Å². The molecule has 0 spiro atoms. The smallest absolute Gasteiger partial charge is 0.103 e. The molecule has 1 aliphatic heterocycles. The Kier molecular flexibility index (Phi) is 5.37. The fraction of sp³-hybridized carbons (Fsp3) is 0.778. The molecule has 2 heterocycles. The van der Waals surface area contributed by atoms with E-state index in [0.717, 1.165) is 30.6 Å². The first-order chi connectivity index (χ1) is 10.3. The summed E-state index contributed by atoms with van der Waals surface area (Å²) in [5.41, 5.74) is 0. The van der Waals surface area contributed by atoms with Gasteiger partial charge < -0.3 is 15.1 Å². The van der Waals surface area contributed by atoms with Crippen molar-refractivity contribution in [3.63, 3.8) is 0 Å². The topological polar surface area (TPSA) is 37.2 Å². The van der Waals surface area contributed by atoms with Crippen molar-refractivity contribution < 1.29 is 4.42 Å². The van der Waals surface area contributed by atoms with Crippen molar-refractivity contribution in [1.29, 1.82) is 0 Å². The average molecular weight is 290 g/mol. The Hall–Kier alpha value is -0.800. The molecule has 0 aromatic carbocycles. The predicted molar refractivity (Wildman–Crippen MR) is 86.4 cm³/mol. The van der Waals surface area contributed by atoms with Gasteiger partial charge in [-0.1, -0.05) is 12.8 Å². The molecule has 1 aliphatic carbocycles. The van der Waals surface area contributed by atoms with E-state index in [1.807, 2.05) is 6.07 Å². The zero-order valence-corrected chi connectivity index (χ0v) is 13.3. The minimum atomic E-state index is 0.571. The fourth-order valence-corrected chi connectivity index (χ4v) is 4.19. The van der Waals surface area contributed by atoms with E-state index in [2.05, 4.69) is 23.6 Å². The van der Waals surface area contributed by atoms with Gasteiger partial charge in [-0.2, -0.15) is 0 Å². The molecule has 1 aromatic heterocycles. The summed E-state index contributed by atoms with van der Waals surface area (Å²) in [6.07, 6.45) is 12.3. The van der Waals surface area contributed by atoms with Crippen molar-refractivity contribution in [2.75, 3.05) is 6.54 Å². The number of furan rings is 1. The molecule has 3 nitrogen and oxygen atoms in total. The minimum Gasteiger partial charge on any atom is -0.469 e. The molecule has 1 saturated heterocycles. The van der Waals surface area contributed by atoms with Crippen molar-refractivity contribution in [1.82, 2.24) is 10.6 Å². The summed E-state index contributed by atoms with van der Waals surface area (Å²) in [4.78, 5) is 0. The number of nitrogens with one attached hydrogen (secondary N) is 2. The summed E-state index contributed by atoms with van der Waals surface area (Å²) in [7, 11) is 0. The summed E-state index contributed by atoms with van der Waals surface area (Å²) in [6.45, 7) is 3.55. The van der Waals surface area contributed by atoms with Crippen LogP contribution in [0.25, 0.3) is 0 Å². The van der Waals surface area contributed by atoms with Gasteiger partial charge in [-0.25, -0.2) is 0 Å². The zero-order chi connectivity index (χ0) is 14.5. The number of hydrogen-bond donors (Lipinski definition) is 2. The third-order valence-electron chi connectivity index (χ3n) is 5.34. The SMILES string of the molecule is CC(CCc1ccco1)NC1CCCCC1C1CCCN1. The van der Waals surface area contributed by atoms with Crippen LogP contribution in [0, 0.1) is 5.92 Å². The Morgan fingerprint density at radius 3 is 2.95 bits per heavy atom. The van der Waals surface area contributed by atoms with Gasteiger partial charge in [0.25, 0.3) is 0 Å². The molecule has 2 N–H and O–H groups in total. The second-order valence-corrected chi connectivity index (χ2v) is 6.94. The molecule has 1 saturated carbocycles. The first-order valence-electron chi connectivity index (χ1n) is 8.85. The normalized spacial score (nSPS) is 31.4. The summed E-state index contributed by atoms with van der Waals surface area (Å²) in [5.74, 6) is 1.95. The van der Waals surface area contributed by atoms with Gasteiger partial charge in [0, 0.05) is 24.5 Å². The molecule has 1 aromatic rings. The number of hydrogen-bond acceptors (Lipinski definition) is 3. The number of rotatable bonds is 6. The highest BCUT2D eigenvalue weighted by Crippen LogP contribution is 2.31. The highest BCUT2D eigenvalue weighted by Gasteiger charge is 2.33. The van der Waals surface area contributed by atoms with Gasteiger partial charge in [0.2, 0.25) is 0 Å². The largest absolute Gasteiger partial charge is 0.469 e. The monoisotopic (exact) mass is 290 g/mol. The third kappa shape index (κ3) is 4.10. The van der Waals surface area contributed by atoms with E-state index in [1.165, 1.54) is 45.1 Å². The Bertz CT molecular complexity index is 397. The molecule has 118 valence electrons. The molecule has 0 bridgehead atoms. The molecular formula is C18H30N2O. The van der Waals surface area contributed by atoms with E-state index in [1.54, 1.807) is 6.26 Å². The van der Waals surface area contributed by atoms with Crippen LogP contribution < -0.4 is 10.6 Å². The van der Waals surface area contributed by atoms with Crippen LogP contribution in [0.15, 0.2) is 22.8 Å². The lowest BCUT2D eigenvalue weighted by molar-refractivity contribution is 0.200. The van der Waals surface area contributed by atoms with E-state index in [-0.39, 0.29) is 0 Å². The highest BCUT2D eigenvalue weighted by atomic mass is 16.3. The van der Waals surface area contributed by atoms with Crippen LogP contribution in [0.2, 0.25) is 0 Å². The summed E-state index contributed by atoms with van der Waals surface area (Å²) < 4.78 is 5.44. The predicted octanol–water partition coefficient (Wildman–Crippen LogP) is 3.50. The molecule has 0 amide bonds. The van der Waals surface area contributed by atoms with E-state index < -0.39 is 0 Å². The second-order valence-electron chi connectivity index (χ2n) is 6.94. The molecular weight excluding hydrogens is 260 g/mol. The molecule has 2 fully saturated rings. The van der Waals surface area contributed by atoms with Crippen molar-refractivity contribution in [2.45, 2.75) is 76.4 Å². The average Bonchev–Trinajstić information content (AvgIpc) is 3.19. The van der Waals surface area contributed by atoms with Crippen molar-refractivity contribution in [3.05, 3.63) is 24.2 Å². The highest BCUT2D eigenvalue weighted by molar-refractivity contribution is 4.99. The maximum atomic E-state index is 5.44. The Labute approximate surface area is 128 Å². The van der Waals surface area contributed by atoms with E-state index in [4.69, 9.17) is 4.42 Å². The van der Waals surface area contributed by atoms with Crippen LogP contribution in [-0.4, -0.2) is 24.7 Å². The van der Waals surface area contributed by atoms with Gasteiger partial charge in [0.05, 0.1) is 6.26 Å². The van der Waals surface area contributed by atoms with Crippen LogP contribution in [-0.2, 0) is 6.42 Å². The van der Waals surface area contributed by atoms with Gasteiger partial charge in [0.15, 0.2) is 0 Å². The van der Waals surface area contributed by atoms with Crippen molar-refractivity contribution in [3.8, 4) is 0 Å². The standard InChI is InChI=1S/C18H30N2O/c1-14(10-11-15-6-5-13-21-15)20-18-8-3-2-7-16(18)17-9-4-12-19-17/h5-6,13-14,16-20H,2-4,7-12H2,1H3. The van der Waals surface area contributed by atoms with Gasteiger partial charge >= 0.3 is 0 Å². The summed E-state index contributed by atoms with van der Waals surface area (Å²) in [5, 5.41) is 7.66. The van der Waals surface area contributed by atoms with Gasteiger partial charge in [0.1, 0.15) is 5.76 Å². The van der Waals surface area contributed by atoms with Crippen LogP contribution in [0.5, 0.6) is 0 Å². The fourth-order valence-electron chi connectivity index (χ4n) is 4.19. The van der Waals surface area contributed by atoms with Gasteiger partial charge in [-0.3, -0.25) is 0 Å². The zero-order valence-electron chi connectivity index (χ0n) is 13.3. The molecule has 3 rings (SSSR count). The summed E-state index contributed by atoms with van der Waals surface area (Å²) in [6, 6.07) is 6.11. The van der Waals surface area contributed by atoms with Crippen molar-refractivity contribution >= 4 is 0 Å². The minimum absolute atomic E-state index is 0.571. The molecule has 21 heavy (non-hydrogen) atoms. The molecule has 2 aliphatic rings. The number of aryl methyl sites for hydroxylation is 1. The maximum absolute atomic E-state index is 5.44. The first kappa shape index (κ1) is 15.1. The van der Waals surface area contributed by atoms with Crippen LogP contribution in [0.3, 0.4) is 0 Å². The van der Waals surface area contributed by atoms with Gasteiger partial charge in [-0.05, 0) is 63.6 Å². The Balaban J connectivity index is 1.49. The van der Waals surface area contributed by atoms with Gasteiger partial charge in [-0.15, -0.1) is 0 Å². The molecule has 4 unspecified atom stereocenters. The van der Waals surface area contributed by atoms with Crippen molar-refractivity contribution in [2.24, 2.45) is 5.92 Å². The lowest BCUT2D eigenvalue weighted by Crippen LogP contribution is -2.49. The van der Waals surface area contributed by atoms with Crippen LogP contribution >= 0.6 is 0 Å². The third-order valence-corrected chi connectivity index (χ3v) is 5.34. The molecule has 3 heteroatoms. The van der Waals surface area contributed by atoms with E-state index in [9.17, 15) is 0 Å². The van der Waals surface area contributed by atoms with Crippen LogP contribution in [0.1, 0.15) is 57.6 Å². The van der Waals surface area contributed by atoms with Crippen LogP contribution in [0.4, 0.5) is 0 Å². The van der Waals surface area contributed by atoms with E-state index >= 15 is 0 Å². The lowest BCUT2D eigenvalue weighted by atomic mass is 9.79.